The van der Waals surface area contributed by atoms with Crippen molar-refractivity contribution in [3.63, 3.8) is 0 Å². The van der Waals surface area contributed by atoms with E-state index < -0.39 is 16.1 Å². The van der Waals surface area contributed by atoms with Crippen LogP contribution in [0, 0.1) is 0 Å². The van der Waals surface area contributed by atoms with Gasteiger partial charge in [-0.05, 0) is 36.8 Å². The first kappa shape index (κ1) is 22.3. The number of aromatic nitrogens is 3. The third kappa shape index (κ3) is 5.46. The number of nitrogens with zero attached hydrogens (tertiary/aromatic N) is 4. The maximum absolute atomic E-state index is 12.9. The summed E-state index contributed by atoms with van der Waals surface area (Å²) in [6.07, 6.45) is 6.33. The molecule has 1 saturated heterocycles. The molecular formula is C21H18F2IN5O3. The molecule has 3 aromatic rings. The van der Waals surface area contributed by atoms with Gasteiger partial charge < -0.3 is 20.1 Å². The van der Waals surface area contributed by atoms with Crippen LogP contribution in [-0.2, 0) is 0 Å². The van der Waals surface area contributed by atoms with Gasteiger partial charge in [0.15, 0.2) is 0 Å². The van der Waals surface area contributed by atoms with E-state index >= 15 is 0 Å². The SMILES string of the molecule is O=C(Nc1ccc(OC(F)(F)I)cc1)c1cnc(N2CC[C@H](O)C2)c(-c2cncnc2)c1. The lowest BCUT2D eigenvalue weighted by atomic mass is 10.1. The van der Waals surface area contributed by atoms with Crippen molar-refractivity contribution in [3.8, 4) is 16.9 Å². The molecule has 0 saturated carbocycles. The van der Waals surface area contributed by atoms with E-state index in [9.17, 15) is 18.7 Å². The first-order valence-corrected chi connectivity index (χ1v) is 10.7. The predicted molar refractivity (Wildman–Crippen MR) is 122 cm³/mol. The molecule has 0 bridgehead atoms. The number of ether oxygens (including phenoxy) is 1. The number of nitrogens with one attached hydrogen (secondary N) is 1. The fraction of sp³-hybridized carbons (Fsp3) is 0.238. The molecule has 8 nitrogen and oxygen atoms in total. The Balaban J connectivity index is 1.57. The van der Waals surface area contributed by atoms with Crippen LogP contribution in [-0.4, -0.2) is 49.3 Å². The number of alkyl halides is 3. The van der Waals surface area contributed by atoms with Crippen LogP contribution in [0.3, 0.4) is 0 Å². The third-order valence-electron chi connectivity index (χ3n) is 4.81. The molecule has 2 aromatic heterocycles. The first-order chi connectivity index (χ1) is 15.3. The average molecular weight is 553 g/mol. The minimum absolute atomic E-state index is 0.0208. The Morgan fingerprint density at radius 3 is 2.56 bits per heavy atom. The van der Waals surface area contributed by atoms with Crippen LogP contribution in [0.15, 0.2) is 55.2 Å². The van der Waals surface area contributed by atoms with Crippen molar-refractivity contribution in [2.24, 2.45) is 0 Å². The van der Waals surface area contributed by atoms with E-state index in [0.717, 1.165) is 22.6 Å². The highest BCUT2D eigenvalue weighted by molar-refractivity contribution is 14.1. The predicted octanol–water partition coefficient (Wildman–Crippen LogP) is 3.73. The molecule has 0 spiro atoms. The highest BCUT2D eigenvalue weighted by atomic mass is 127. The van der Waals surface area contributed by atoms with Gasteiger partial charge in [0.1, 0.15) is 17.9 Å². The van der Waals surface area contributed by atoms with Crippen LogP contribution in [0.4, 0.5) is 20.3 Å². The third-order valence-corrected chi connectivity index (χ3v) is 5.03. The summed E-state index contributed by atoms with van der Waals surface area (Å²) in [5.41, 5.74) is 2.06. The quantitative estimate of drug-likeness (QED) is 0.355. The maximum Gasteiger partial charge on any atom is 0.451 e. The van der Waals surface area contributed by atoms with Gasteiger partial charge in [0.05, 0.1) is 34.3 Å². The molecule has 0 radical (unpaired) electrons. The molecule has 1 aliphatic rings. The van der Waals surface area contributed by atoms with Crippen molar-refractivity contribution in [1.82, 2.24) is 15.0 Å². The molecule has 1 atom stereocenters. The minimum atomic E-state index is -3.32. The zero-order valence-electron chi connectivity index (χ0n) is 16.6. The monoisotopic (exact) mass is 553 g/mol. The summed E-state index contributed by atoms with van der Waals surface area (Å²) in [5, 5.41) is 12.6. The number of anilines is 2. The number of hydrogen-bond donors (Lipinski definition) is 2. The Bertz CT molecular complexity index is 1100. The number of β-amino-alcohol motifs (C(OH)–C–C–N with tert-alkyl or cyclic N) is 1. The molecule has 2 N–H and O–H groups in total. The van der Waals surface area contributed by atoms with E-state index in [1.165, 1.54) is 36.8 Å². The molecule has 0 aliphatic carbocycles. The van der Waals surface area contributed by atoms with Crippen LogP contribution < -0.4 is 15.0 Å². The van der Waals surface area contributed by atoms with Crippen molar-refractivity contribution in [2.45, 2.75) is 16.6 Å². The second kappa shape index (κ2) is 9.28. The number of aliphatic hydroxyl groups is 1. The van der Waals surface area contributed by atoms with E-state index in [4.69, 9.17) is 0 Å². The Morgan fingerprint density at radius 2 is 1.94 bits per heavy atom. The minimum Gasteiger partial charge on any atom is -0.425 e. The van der Waals surface area contributed by atoms with E-state index in [0.29, 0.717) is 47.7 Å². The topological polar surface area (TPSA) is 100 Å². The summed E-state index contributed by atoms with van der Waals surface area (Å²) in [6, 6.07) is 7.31. The molecule has 1 aromatic carbocycles. The van der Waals surface area contributed by atoms with Crippen LogP contribution >= 0.6 is 22.6 Å². The van der Waals surface area contributed by atoms with Crippen molar-refractivity contribution in [1.29, 1.82) is 0 Å². The number of carbonyl (C=O) groups is 1. The Labute approximate surface area is 195 Å². The molecule has 1 fully saturated rings. The van der Waals surface area contributed by atoms with Crippen molar-refractivity contribution < 1.29 is 23.4 Å². The Hall–Kier alpha value is -2.93. The zero-order valence-corrected chi connectivity index (χ0v) is 18.7. The molecule has 166 valence electrons. The number of benzene rings is 1. The summed E-state index contributed by atoms with van der Waals surface area (Å²) in [5.74, 6) is 0.193. The van der Waals surface area contributed by atoms with Gasteiger partial charge in [-0.3, -0.25) is 4.79 Å². The normalized spacial score (nSPS) is 16.1. The molecule has 11 heteroatoms. The number of aliphatic hydroxyl groups excluding tert-OH is 1. The van der Waals surface area contributed by atoms with Gasteiger partial charge >= 0.3 is 4.12 Å². The van der Waals surface area contributed by atoms with Gasteiger partial charge in [-0.15, -0.1) is 0 Å². The average Bonchev–Trinajstić information content (AvgIpc) is 3.20. The smallest absolute Gasteiger partial charge is 0.425 e. The van der Waals surface area contributed by atoms with Gasteiger partial charge in [-0.25, -0.2) is 15.0 Å². The van der Waals surface area contributed by atoms with Gasteiger partial charge in [0.2, 0.25) is 0 Å². The molecule has 3 heterocycles. The van der Waals surface area contributed by atoms with E-state index in [2.05, 4.69) is 25.0 Å². The molecule has 1 aliphatic heterocycles. The molecular weight excluding hydrogens is 535 g/mol. The largest absolute Gasteiger partial charge is 0.451 e. The molecule has 4 rings (SSSR count). The van der Waals surface area contributed by atoms with Gasteiger partial charge in [0.25, 0.3) is 5.91 Å². The van der Waals surface area contributed by atoms with Crippen LogP contribution in [0.5, 0.6) is 5.75 Å². The fourth-order valence-electron chi connectivity index (χ4n) is 3.36. The molecule has 1 amide bonds. The van der Waals surface area contributed by atoms with Gasteiger partial charge in [-0.1, -0.05) is 0 Å². The fourth-order valence-corrected chi connectivity index (χ4v) is 3.62. The second-order valence-electron chi connectivity index (χ2n) is 7.14. The molecule has 0 unspecified atom stereocenters. The van der Waals surface area contributed by atoms with Crippen molar-refractivity contribution >= 4 is 40.0 Å². The number of pyridine rings is 1. The van der Waals surface area contributed by atoms with Gasteiger partial charge in [-0.2, -0.15) is 8.78 Å². The van der Waals surface area contributed by atoms with Crippen LogP contribution in [0.1, 0.15) is 16.8 Å². The number of rotatable bonds is 6. The van der Waals surface area contributed by atoms with Crippen LogP contribution in [0.2, 0.25) is 0 Å². The Morgan fingerprint density at radius 1 is 1.22 bits per heavy atom. The standard InChI is InChI=1S/C21H18F2IN5O3/c22-21(23,24)32-17-3-1-15(2-4-17)28-20(31)13-7-18(14-8-25-12-26-9-14)19(27-10-13)29-6-5-16(30)11-29/h1-4,7-10,12,16,30H,5-6,11H2,(H,28,31)/t16-/m0/s1. The number of amides is 1. The van der Waals surface area contributed by atoms with E-state index in [-0.39, 0.29) is 5.75 Å². The lowest BCUT2D eigenvalue weighted by molar-refractivity contribution is -0.0691. The van der Waals surface area contributed by atoms with E-state index in [1.807, 2.05) is 4.90 Å². The highest BCUT2D eigenvalue weighted by Gasteiger charge is 2.26. The summed E-state index contributed by atoms with van der Waals surface area (Å²) >= 11 is 0.883. The Kier molecular flexibility index (Phi) is 6.46. The number of halogens is 3. The summed E-state index contributed by atoms with van der Waals surface area (Å²) in [7, 11) is 0. The zero-order chi connectivity index (χ0) is 22.7. The summed E-state index contributed by atoms with van der Waals surface area (Å²) in [6.45, 7) is 1.09. The van der Waals surface area contributed by atoms with Crippen LogP contribution in [0.25, 0.3) is 11.1 Å². The van der Waals surface area contributed by atoms with Gasteiger partial charge in [0, 0.05) is 48.5 Å². The van der Waals surface area contributed by atoms with Crippen molar-refractivity contribution in [2.75, 3.05) is 23.3 Å². The summed E-state index contributed by atoms with van der Waals surface area (Å²) < 4.78 is 27.0. The van der Waals surface area contributed by atoms with Crippen molar-refractivity contribution in [3.05, 3.63) is 60.8 Å². The first-order valence-electron chi connectivity index (χ1n) is 9.64. The number of hydrogen-bond acceptors (Lipinski definition) is 7. The lowest BCUT2D eigenvalue weighted by Crippen LogP contribution is -2.23. The maximum atomic E-state index is 12.9. The lowest BCUT2D eigenvalue weighted by Gasteiger charge is -2.20. The molecule has 32 heavy (non-hydrogen) atoms. The highest BCUT2D eigenvalue weighted by Crippen LogP contribution is 2.32. The second-order valence-corrected chi connectivity index (χ2v) is 8.39. The van der Waals surface area contributed by atoms with E-state index in [1.54, 1.807) is 18.5 Å². The summed E-state index contributed by atoms with van der Waals surface area (Å²) in [4.78, 5) is 27.3. The number of carbonyl (C=O) groups excluding carboxylic acids is 1.